The summed E-state index contributed by atoms with van der Waals surface area (Å²) in [6, 6.07) is 7.79. The van der Waals surface area contributed by atoms with Crippen LogP contribution >= 0.6 is 11.8 Å². The highest BCUT2D eigenvalue weighted by molar-refractivity contribution is 8.03. The van der Waals surface area contributed by atoms with Gasteiger partial charge >= 0.3 is 0 Å². The average Bonchev–Trinajstić information content (AvgIpc) is 1.93. The van der Waals surface area contributed by atoms with Crippen LogP contribution in [-0.2, 0) is 0 Å². The zero-order valence-corrected chi connectivity index (χ0v) is 7.32. The largest absolute Gasteiger partial charge is 0.398 e. The molecule has 0 radical (unpaired) electrons. The van der Waals surface area contributed by atoms with Gasteiger partial charge in [-0.3, -0.25) is 0 Å². The molecule has 0 aliphatic carbocycles. The molecule has 0 unspecified atom stereocenters. The number of benzene rings is 1. The molecule has 0 amide bonds. The number of thioether (sulfide) groups is 1. The Morgan fingerprint density at radius 1 is 1.45 bits per heavy atom. The van der Waals surface area contributed by atoms with Crippen molar-refractivity contribution in [2.45, 2.75) is 11.8 Å². The standard InChI is InChI=1S/C9H11NS/c1-7(2)11-9-6-4-3-5-8(9)10/h3-6H,1,10H2,2H3. The summed E-state index contributed by atoms with van der Waals surface area (Å²) in [5, 5.41) is 0. The molecule has 0 saturated heterocycles. The maximum absolute atomic E-state index is 5.71. The Balaban J connectivity index is 2.86. The monoisotopic (exact) mass is 165 g/mol. The number of rotatable bonds is 2. The molecule has 11 heavy (non-hydrogen) atoms. The normalized spacial score (nSPS) is 9.55. The van der Waals surface area contributed by atoms with Gasteiger partial charge < -0.3 is 5.73 Å². The van der Waals surface area contributed by atoms with Crippen molar-refractivity contribution in [2.24, 2.45) is 0 Å². The molecule has 2 N–H and O–H groups in total. The van der Waals surface area contributed by atoms with Crippen molar-refractivity contribution in [2.75, 3.05) is 5.73 Å². The summed E-state index contributed by atoms with van der Waals surface area (Å²) >= 11 is 1.61. The van der Waals surface area contributed by atoms with Crippen LogP contribution in [0.3, 0.4) is 0 Å². The molecule has 58 valence electrons. The first-order valence-electron chi connectivity index (χ1n) is 3.38. The Morgan fingerprint density at radius 2 is 2.09 bits per heavy atom. The van der Waals surface area contributed by atoms with E-state index in [0.717, 1.165) is 15.5 Å². The second-order valence-electron chi connectivity index (χ2n) is 2.34. The molecule has 0 aromatic heterocycles. The van der Waals surface area contributed by atoms with Crippen molar-refractivity contribution in [1.29, 1.82) is 0 Å². The smallest absolute Gasteiger partial charge is 0.0455 e. The van der Waals surface area contributed by atoms with E-state index in [2.05, 4.69) is 6.58 Å². The van der Waals surface area contributed by atoms with Gasteiger partial charge in [0.1, 0.15) is 0 Å². The van der Waals surface area contributed by atoms with Gasteiger partial charge in [-0.15, -0.1) is 0 Å². The number of hydrogen-bond acceptors (Lipinski definition) is 2. The van der Waals surface area contributed by atoms with Crippen LogP contribution in [0.25, 0.3) is 0 Å². The fourth-order valence-electron chi connectivity index (χ4n) is 0.761. The van der Waals surface area contributed by atoms with Crippen molar-refractivity contribution in [3.63, 3.8) is 0 Å². The molecule has 0 aliphatic rings. The van der Waals surface area contributed by atoms with Gasteiger partial charge in [0.05, 0.1) is 0 Å². The minimum atomic E-state index is 0.820. The maximum atomic E-state index is 5.71. The molecule has 1 rings (SSSR count). The highest BCUT2D eigenvalue weighted by Crippen LogP contribution is 2.29. The number of para-hydroxylation sites is 1. The minimum absolute atomic E-state index is 0.820. The molecule has 0 fully saturated rings. The fourth-order valence-corrected chi connectivity index (χ4v) is 1.47. The SMILES string of the molecule is C=C(C)Sc1ccccc1N. The van der Waals surface area contributed by atoms with Gasteiger partial charge in [-0.05, 0) is 24.0 Å². The van der Waals surface area contributed by atoms with Gasteiger partial charge in [0.2, 0.25) is 0 Å². The van der Waals surface area contributed by atoms with Gasteiger partial charge in [-0.25, -0.2) is 0 Å². The Hall–Kier alpha value is -0.890. The fraction of sp³-hybridized carbons (Fsp3) is 0.111. The average molecular weight is 165 g/mol. The van der Waals surface area contributed by atoms with Crippen molar-refractivity contribution in [1.82, 2.24) is 0 Å². The second kappa shape index (κ2) is 3.49. The van der Waals surface area contributed by atoms with Crippen LogP contribution in [0.1, 0.15) is 6.92 Å². The molecule has 0 aliphatic heterocycles. The highest BCUT2D eigenvalue weighted by Gasteiger charge is 1.96. The second-order valence-corrected chi connectivity index (χ2v) is 3.68. The molecule has 0 spiro atoms. The summed E-state index contributed by atoms with van der Waals surface area (Å²) in [6.45, 7) is 5.77. The topological polar surface area (TPSA) is 26.0 Å². The minimum Gasteiger partial charge on any atom is -0.398 e. The third-order valence-corrected chi connectivity index (χ3v) is 2.14. The first-order chi connectivity index (χ1) is 5.20. The van der Waals surface area contributed by atoms with E-state index in [-0.39, 0.29) is 0 Å². The van der Waals surface area contributed by atoms with Gasteiger partial charge in [0.15, 0.2) is 0 Å². The van der Waals surface area contributed by atoms with E-state index in [1.54, 1.807) is 11.8 Å². The molecule has 1 aromatic carbocycles. The number of anilines is 1. The predicted molar refractivity (Wildman–Crippen MR) is 51.5 cm³/mol. The molecular weight excluding hydrogens is 154 g/mol. The summed E-state index contributed by atoms with van der Waals surface area (Å²) in [5.41, 5.74) is 6.53. The molecule has 0 bridgehead atoms. The van der Waals surface area contributed by atoms with E-state index >= 15 is 0 Å². The Bertz CT molecular complexity index is 268. The van der Waals surface area contributed by atoms with Crippen LogP contribution in [0.15, 0.2) is 40.6 Å². The van der Waals surface area contributed by atoms with Crippen LogP contribution in [-0.4, -0.2) is 0 Å². The van der Waals surface area contributed by atoms with E-state index in [9.17, 15) is 0 Å². The number of hydrogen-bond donors (Lipinski definition) is 1. The predicted octanol–water partition coefficient (Wildman–Crippen LogP) is 2.89. The summed E-state index contributed by atoms with van der Waals surface area (Å²) in [4.78, 5) is 2.14. The number of nitrogens with two attached hydrogens (primary N) is 1. The Morgan fingerprint density at radius 3 is 2.64 bits per heavy atom. The van der Waals surface area contributed by atoms with Gasteiger partial charge in [-0.1, -0.05) is 30.5 Å². The summed E-state index contributed by atoms with van der Waals surface area (Å²) in [7, 11) is 0. The molecule has 1 nitrogen and oxygen atoms in total. The van der Waals surface area contributed by atoms with Crippen LogP contribution in [0.2, 0.25) is 0 Å². The molecular formula is C9H11NS. The van der Waals surface area contributed by atoms with Crippen LogP contribution < -0.4 is 5.73 Å². The number of allylic oxidation sites excluding steroid dienone is 1. The lowest BCUT2D eigenvalue weighted by molar-refractivity contribution is 1.46. The summed E-state index contributed by atoms with van der Waals surface area (Å²) in [5.74, 6) is 0. The number of nitrogen functional groups attached to an aromatic ring is 1. The first-order valence-corrected chi connectivity index (χ1v) is 4.19. The van der Waals surface area contributed by atoms with E-state index in [0.29, 0.717) is 0 Å². The van der Waals surface area contributed by atoms with E-state index in [4.69, 9.17) is 5.73 Å². The van der Waals surface area contributed by atoms with Crippen LogP contribution in [0.4, 0.5) is 5.69 Å². The lowest BCUT2D eigenvalue weighted by Crippen LogP contribution is -1.86. The molecule has 2 heteroatoms. The first kappa shape index (κ1) is 8.21. The van der Waals surface area contributed by atoms with E-state index < -0.39 is 0 Å². The molecule has 0 atom stereocenters. The zero-order chi connectivity index (χ0) is 8.27. The Kier molecular flexibility index (Phi) is 2.60. The van der Waals surface area contributed by atoms with Crippen molar-refractivity contribution in [3.05, 3.63) is 35.7 Å². The zero-order valence-electron chi connectivity index (χ0n) is 6.50. The molecule has 0 heterocycles. The Labute approximate surface area is 71.3 Å². The van der Waals surface area contributed by atoms with Crippen molar-refractivity contribution < 1.29 is 0 Å². The maximum Gasteiger partial charge on any atom is 0.0455 e. The van der Waals surface area contributed by atoms with E-state index in [1.165, 1.54) is 0 Å². The quantitative estimate of drug-likeness (QED) is 0.538. The molecule has 1 aromatic rings. The summed E-state index contributed by atoms with van der Waals surface area (Å²) < 4.78 is 0. The van der Waals surface area contributed by atoms with Crippen molar-refractivity contribution >= 4 is 17.4 Å². The summed E-state index contributed by atoms with van der Waals surface area (Å²) in [6.07, 6.45) is 0. The third kappa shape index (κ3) is 2.31. The van der Waals surface area contributed by atoms with Crippen LogP contribution in [0.5, 0.6) is 0 Å². The lowest BCUT2D eigenvalue weighted by Gasteiger charge is -2.02. The van der Waals surface area contributed by atoms with Crippen LogP contribution in [0, 0.1) is 0 Å². The lowest BCUT2D eigenvalue weighted by atomic mass is 10.3. The van der Waals surface area contributed by atoms with Gasteiger partial charge in [0.25, 0.3) is 0 Å². The van der Waals surface area contributed by atoms with Gasteiger partial charge in [0, 0.05) is 10.6 Å². The molecule has 0 saturated carbocycles. The van der Waals surface area contributed by atoms with E-state index in [1.807, 2.05) is 31.2 Å². The van der Waals surface area contributed by atoms with Gasteiger partial charge in [-0.2, -0.15) is 0 Å². The van der Waals surface area contributed by atoms with Crippen molar-refractivity contribution in [3.8, 4) is 0 Å². The highest BCUT2D eigenvalue weighted by atomic mass is 32.2. The third-order valence-electron chi connectivity index (χ3n) is 1.20.